The van der Waals surface area contributed by atoms with Crippen molar-refractivity contribution >= 4 is 40.7 Å². The number of anilines is 3. The third kappa shape index (κ3) is 4.51. The van der Waals surface area contributed by atoms with E-state index in [1.807, 2.05) is 0 Å². The molecular formula is C27H18ClF5N6O2. The molecule has 3 amide bonds. The van der Waals surface area contributed by atoms with E-state index in [4.69, 9.17) is 17.3 Å². The Labute approximate surface area is 233 Å². The molecule has 3 heterocycles. The van der Waals surface area contributed by atoms with Crippen LogP contribution in [0.4, 0.5) is 43.9 Å². The van der Waals surface area contributed by atoms with E-state index in [1.165, 1.54) is 17.2 Å². The van der Waals surface area contributed by atoms with Crippen molar-refractivity contribution in [2.24, 2.45) is 0 Å². The zero-order valence-corrected chi connectivity index (χ0v) is 21.4. The van der Waals surface area contributed by atoms with Gasteiger partial charge in [-0.15, -0.1) is 0 Å². The number of nitrogens with one attached hydrogen (secondary N) is 3. The van der Waals surface area contributed by atoms with E-state index in [0.29, 0.717) is 46.5 Å². The van der Waals surface area contributed by atoms with Crippen molar-refractivity contribution in [2.45, 2.75) is 18.6 Å². The zero-order valence-electron chi connectivity index (χ0n) is 20.7. The lowest BCUT2D eigenvalue weighted by atomic mass is 9.88. The summed E-state index contributed by atoms with van der Waals surface area (Å²) in [7, 11) is 0. The highest BCUT2D eigenvalue weighted by Crippen LogP contribution is 2.50. The number of hydrogen-bond acceptors (Lipinski definition) is 4. The Morgan fingerprint density at radius 1 is 1.10 bits per heavy atom. The first-order valence-corrected chi connectivity index (χ1v) is 12.5. The minimum atomic E-state index is -4.90. The number of nitrogens with zero attached hydrogens (tertiary/aromatic N) is 2. The number of nitrogens with two attached hydrogens (primary N) is 1. The summed E-state index contributed by atoms with van der Waals surface area (Å²) in [4.78, 5) is 28.0. The Hall–Kier alpha value is -4.65. The Morgan fingerprint density at radius 3 is 2.59 bits per heavy atom. The molecule has 41 heavy (non-hydrogen) atoms. The Morgan fingerprint density at radius 2 is 1.88 bits per heavy atom. The summed E-state index contributed by atoms with van der Waals surface area (Å²) in [5.41, 5.74) is 6.75. The average Bonchev–Trinajstić information content (AvgIpc) is 3.54. The van der Waals surface area contributed by atoms with Gasteiger partial charge in [-0.1, -0.05) is 11.6 Å². The van der Waals surface area contributed by atoms with Crippen molar-refractivity contribution in [3.63, 3.8) is 0 Å². The lowest BCUT2D eigenvalue weighted by molar-refractivity contribution is -0.137. The molecule has 2 aliphatic heterocycles. The number of alkyl halides is 3. The maximum Gasteiger partial charge on any atom is 0.416 e. The third-order valence-corrected chi connectivity index (χ3v) is 7.41. The van der Waals surface area contributed by atoms with E-state index in [9.17, 15) is 31.5 Å². The SMILES string of the molecule is Nc1[nH]ncc1-c1cc(NC(=O)c2cc(F)cc(C(F)(F)F)c2)c2c3c1CCN3C(=O)NC2c1cc(F)ccc1Cl. The molecule has 2 aliphatic rings. The summed E-state index contributed by atoms with van der Waals surface area (Å²) in [6.07, 6.45) is -3.05. The molecule has 1 atom stereocenters. The fraction of sp³-hybridized carbons (Fsp3) is 0.148. The number of carbonyl (C=O) groups is 2. The van der Waals surface area contributed by atoms with E-state index in [1.54, 1.807) is 6.07 Å². The number of rotatable bonds is 4. The van der Waals surface area contributed by atoms with Crippen molar-refractivity contribution in [1.29, 1.82) is 0 Å². The van der Waals surface area contributed by atoms with Crippen LogP contribution in [0.3, 0.4) is 0 Å². The number of nitrogen functional groups attached to an aromatic ring is 1. The Bertz CT molecular complexity index is 1750. The second-order valence-electron chi connectivity index (χ2n) is 9.54. The first-order chi connectivity index (χ1) is 19.4. The summed E-state index contributed by atoms with van der Waals surface area (Å²) < 4.78 is 68.5. The van der Waals surface area contributed by atoms with Gasteiger partial charge in [-0.25, -0.2) is 13.6 Å². The number of benzene rings is 3. The van der Waals surface area contributed by atoms with Crippen LogP contribution < -0.4 is 21.3 Å². The molecule has 0 saturated carbocycles. The third-order valence-electron chi connectivity index (χ3n) is 7.07. The van der Waals surface area contributed by atoms with E-state index in [0.717, 1.165) is 12.1 Å². The number of hydrogen-bond donors (Lipinski definition) is 4. The summed E-state index contributed by atoms with van der Waals surface area (Å²) in [6, 6.07) is 5.06. The molecule has 0 bridgehead atoms. The monoisotopic (exact) mass is 588 g/mol. The number of urea groups is 1. The second-order valence-corrected chi connectivity index (χ2v) is 9.95. The molecule has 0 spiro atoms. The first kappa shape index (κ1) is 26.6. The summed E-state index contributed by atoms with van der Waals surface area (Å²) >= 11 is 6.40. The van der Waals surface area contributed by atoms with Crippen molar-refractivity contribution in [2.75, 3.05) is 22.5 Å². The molecule has 14 heteroatoms. The van der Waals surface area contributed by atoms with Gasteiger partial charge in [-0.05, 0) is 60.0 Å². The molecule has 8 nitrogen and oxygen atoms in total. The molecule has 5 N–H and O–H groups in total. The largest absolute Gasteiger partial charge is 0.416 e. The van der Waals surface area contributed by atoms with Crippen LogP contribution in [0.15, 0.2) is 48.7 Å². The fourth-order valence-electron chi connectivity index (χ4n) is 5.29. The van der Waals surface area contributed by atoms with Gasteiger partial charge in [-0.3, -0.25) is 14.8 Å². The van der Waals surface area contributed by atoms with Crippen LogP contribution in [-0.2, 0) is 12.6 Å². The van der Waals surface area contributed by atoms with Gasteiger partial charge in [0.25, 0.3) is 5.91 Å². The minimum absolute atomic E-state index is 0.0550. The first-order valence-electron chi connectivity index (χ1n) is 12.1. The highest BCUT2D eigenvalue weighted by molar-refractivity contribution is 6.31. The van der Waals surface area contributed by atoms with Gasteiger partial charge in [0.05, 0.1) is 23.5 Å². The van der Waals surface area contributed by atoms with E-state index in [-0.39, 0.29) is 34.7 Å². The smallest absolute Gasteiger partial charge is 0.384 e. The standard InChI is InChI=1S/C27H18ClF5N6O2/c28-19-2-1-13(29)8-17(19)22-21-20(36-25(40)11-5-12(27(31,32)33)7-14(30)6-11)9-16(18-10-35-38-24(18)34)15-3-4-39(23(15)21)26(41)37-22/h1-2,5-10,22H,3-4H2,(H,36,40)(H,37,41)(H3,34,35,38). The maximum atomic E-state index is 14.3. The molecule has 3 aromatic carbocycles. The van der Waals surface area contributed by atoms with Gasteiger partial charge in [0.15, 0.2) is 0 Å². The molecule has 4 aromatic rings. The van der Waals surface area contributed by atoms with Crippen molar-refractivity contribution < 1.29 is 31.5 Å². The highest BCUT2D eigenvalue weighted by Gasteiger charge is 2.41. The number of aromatic nitrogens is 2. The molecule has 0 radical (unpaired) electrons. The van der Waals surface area contributed by atoms with Gasteiger partial charge in [0.2, 0.25) is 0 Å². The van der Waals surface area contributed by atoms with Crippen molar-refractivity contribution in [3.05, 3.63) is 93.1 Å². The van der Waals surface area contributed by atoms with Crippen molar-refractivity contribution in [1.82, 2.24) is 15.5 Å². The van der Waals surface area contributed by atoms with Crippen LogP contribution in [0.1, 0.15) is 38.7 Å². The topological polar surface area (TPSA) is 116 Å². The van der Waals surface area contributed by atoms with Gasteiger partial charge in [0.1, 0.15) is 17.5 Å². The summed E-state index contributed by atoms with van der Waals surface area (Å²) in [5, 5.41) is 12.0. The number of H-pyrrole nitrogens is 1. The molecule has 0 fully saturated rings. The van der Waals surface area contributed by atoms with E-state index in [2.05, 4.69) is 20.8 Å². The lowest BCUT2D eigenvalue weighted by Gasteiger charge is -2.35. The zero-order chi connectivity index (χ0) is 29.2. The molecule has 0 aliphatic carbocycles. The predicted molar refractivity (Wildman–Crippen MR) is 141 cm³/mol. The highest BCUT2D eigenvalue weighted by atomic mass is 35.5. The Balaban J connectivity index is 1.57. The van der Waals surface area contributed by atoms with Gasteiger partial charge >= 0.3 is 12.2 Å². The Kier molecular flexibility index (Phi) is 6.14. The van der Waals surface area contributed by atoms with Crippen LogP contribution in [0.5, 0.6) is 0 Å². The number of aromatic amines is 1. The molecule has 1 aromatic heterocycles. The van der Waals surface area contributed by atoms with Gasteiger partial charge in [-0.2, -0.15) is 18.3 Å². The van der Waals surface area contributed by atoms with Crippen molar-refractivity contribution in [3.8, 4) is 11.1 Å². The second kappa shape index (κ2) is 9.47. The van der Waals surface area contributed by atoms with E-state index >= 15 is 0 Å². The van der Waals surface area contributed by atoms with E-state index < -0.39 is 46.9 Å². The van der Waals surface area contributed by atoms with Gasteiger partial charge in [0, 0.05) is 39.5 Å². The quantitative estimate of drug-likeness (QED) is 0.218. The summed E-state index contributed by atoms with van der Waals surface area (Å²) in [5.74, 6) is -2.75. The van der Waals surface area contributed by atoms with Crippen LogP contribution in [0.25, 0.3) is 11.1 Å². The number of carbonyl (C=O) groups excluding carboxylic acids is 2. The lowest BCUT2D eigenvalue weighted by Crippen LogP contribution is -2.46. The number of halogens is 6. The average molecular weight is 589 g/mol. The molecule has 6 rings (SSSR count). The maximum absolute atomic E-state index is 14.3. The molecule has 1 unspecified atom stereocenters. The fourth-order valence-corrected chi connectivity index (χ4v) is 5.52. The molecule has 210 valence electrons. The molecular weight excluding hydrogens is 571 g/mol. The number of amides is 3. The predicted octanol–water partition coefficient (Wildman–Crippen LogP) is 6.04. The minimum Gasteiger partial charge on any atom is -0.384 e. The normalized spacial score (nSPS) is 16.0. The van der Waals surface area contributed by atoms with Crippen LogP contribution in [-0.4, -0.2) is 28.7 Å². The van der Waals surface area contributed by atoms with Crippen LogP contribution >= 0.6 is 11.6 Å². The molecule has 0 saturated heterocycles. The summed E-state index contributed by atoms with van der Waals surface area (Å²) in [6.45, 7) is 0.263. The van der Waals surface area contributed by atoms with Crippen LogP contribution in [0.2, 0.25) is 5.02 Å². The van der Waals surface area contributed by atoms with Gasteiger partial charge < -0.3 is 16.4 Å². The van der Waals surface area contributed by atoms with Crippen LogP contribution in [0, 0.1) is 11.6 Å².